The molecule has 0 saturated heterocycles. The molecule has 0 aliphatic heterocycles. The maximum Gasteiger partial charge on any atom is 0.0431 e. The van der Waals surface area contributed by atoms with Crippen molar-refractivity contribution in [2.24, 2.45) is 0 Å². The first-order chi connectivity index (χ1) is 31.8. The first-order valence-electron chi connectivity index (χ1n) is 21.3. The number of hydrogen-bond donors (Lipinski definition) is 0. The average molecular weight is 809 g/mol. The Hall–Kier alpha value is -9.04. The van der Waals surface area contributed by atoms with Crippen LogP contribution in [0.25, 0.3) is 22.3 Å². The van der Waals surface area contributed by atoms with Gasteiger partial charge in [-0.2, -0.15) is 0 Å². The highest BCUT2D eigenvalue weighted by atomic mass is 14.3. The summed E-state index contributed by atoms with van der Waals surface area (Å²) in [6, 6.07) is 82.8. The van der Waals surface area contributed by atoms with Crippen LogP contribution in [0.2, 0.25) is 0 Å². The Morgan fingerprint density at radius 2 is 0.312 bits per heavy atom. The van der Waals surface area contributed by atoms with E-state index >= 15 is 0 Å². The van der Waals surface area contributed by atoms with Crippen molar-refractivity contribution in [3.05, 3.63) is 309 Å². The first-order valence-corrected chi connectivity index (χ1v) is 21.3. The van der Waals surface area contributed by atoms with E-state index in [0.717, 1.165) is 89.1 Å². The van der Waals surface area contributed by atoms with E-state index in [0.29, 0.717) is 0 Å². The van der Waals surface area contributed by atoms with Gasteiger partial charge < -0.3 is 0 Å². The maximum atomic E-state index is 3.82. The highest BCUT2D eigenvalue weighted by molar-refractivity contribution is 6.16. The van der Waals surface area contributed by atoms with Gasteiger partial charge in [0.05, 0.1) is 0 Å². The van der Waals surface area contributed by atoms with Crippen LogP contribution in [0.4, 0.5) is 0 Å². The normalized spacial score (nSPS) is 12.2. The summed E-state index contributed by atoms with van der Waals surface area (Å²) in [5.74, 6) is 29.7. The standard InChI is InChI=1S/C64H40/c1-9-25-49(26-10-1)41-45-57-61(53-33-17-5-18-34-53)58(46-42-50-27-11-2-12-28-50)63(55-37-21-7-22-38-55)60(48-44-52-31-15-4-16-32-52)64(56-39-23-8-24-40-56)59(47-43-51-29-13-3-14-30-51)62(57)54-35-19-6-20-36-54/h1-40H. The molecule has 64 heavy (non-hydrogen) atoms. The van der Waals surface area contributed by atoms with Gasteiger partial charge in [-0.1, -0.05) is 241 Å². The Kier molecular flexibility index (Phi) is 12.6. The second-order valence-corrected chi connectivity index (χ2v) is 14.9. The van der Waals surface area contributed by atoms with Gasteiger partial charge in [0.15, 0.2) is 0 Å². The van der Waals surface area contributed by atoms with Gasteiger partial charge in [0, 0.05) is 66.8 Å². The van der Waals surface area contributed by atoms with E-state index in [9.17, 15) is 0 Å². The molecule has 0 radical (unpaired) electrons. The van der Waals surface area contributed by atoms with Crippen molar-refractivity contribution < 1.29 is 0 Å². The molecule has 0 aromatic heterocycles. The average Bonchev–Trinajstić information content (AvgIpc) is 3.37. The highest BCUT2D eigenvalue weighted by Gasteiger charge is 2.30. The van der Waals surface area contributed by atoms with Gasteiger partial charge in [-0.15, -0.1) is 0 Å². The number of hydrogen-bond acceptors (Lipinski definition) is 0. The molecule has 0 amide bonds. The van der Waals surface area contributed by atoms with Crippen molar-refractivity contribution in [3.8, 4) is 47.4 Å². The molecule has 8 aromatic rings. The Labute approximate surface area is 377 Å². The molecule has 0 heteroatoms. The Bertz CT molecular complexity index is 2810. The van der Waals surface area contributed by atoms with E-state index in [1.807, 2.05) is 97.1 Å². The lowest BCUT2D eigenvalue weighted by molar-refractivity contribution is 1.48. The molecule has 8 aromatic carbocycles. The zero-order chi connectivity index (χ0) is 43.2. The summed E-state index contributed by atoms with van der Waals surface area (Å²) in [7, 11) is 0. The van der Waals surface area contributed by atoms with Crippen molar-refractivity contribution in [2.75, 3.05) is 0 Å². The third-order valence-corrected chi connectivity index (χ3v) is 10.7. The number of rotatable bonds is 4. The Balaban J connectivity index is 1.59. The van der Waals surface area contributed by atoms with E-state index in [1.54, 1.807) is 0 Å². The van der Waals surface area contributed by atoms with Crippen LogP contribution < -0.4 is 0 Å². The van der Waals surface area contributed by atoms with Crippen LogP contribution in [-0.4, -0.2) is 0 Å². The van der Waals surface area contributed by atoms with Crippen LogP contribution >= 0.6 is 0 Å². The molecule has 0 bridgehead atoms. The number of benzene rings is 8. The fourth-order valence-electron chi connectivity index (χ4n) is 7.70. The topological polar surface area (TPSA) is 0 Å². The second kappa shape index (κ2) is 20.0. The van der Waals surface area contributed by atoms with Crippen LogP contribution in [0.3, 0.4) is 0 Å². The minimum Gasteiger partial charge on any atom is -0.0622 e. The fraction of sp³-hybridized carbons (Fsp3) is 0. The van der Waals surface area contributed by atoms with E-state index in [-0.39, 0.29) is 0 Å². The lowest BCUT2D eigenvalue weighted by Gasteiger charge is -2.26. The van der Waals surface area contributed by atoms with Gasteiger partial charge in [-0.25, -0.2) is 0 Å². The van der Waals surface area contributed by atoms with Gasteiger partial charge in [-0.05, 0) is 70.8 Å². The van der Waals surface area contributed by atoms with Gasteiger partial charge >= 0.3 is 0 Å². The predicted molar refractivity (Wildman–Crippen MR) is 267 cm³/mol. The van der Waals surface area contributed by atoms with Crippen LogP contribution in [0.1, 0.15) is 44.5 Å². The molecular formula is C64H40. The molecule has 9 rings (SSSR count). The molecule has 296 valence electrons. The molecule has 1 aliphatic rings. The minimum atomic E-state index is 0.799. The molecule has 0 N–H and O–H groups in total. The Morgan fingerprint density at radius 3 is 0.484 bits per heavy atom. The summed E-state index contributed by atoms with van der Waals surface area (Å²) in [5, 5.41) is 0. The van der Waals surface area contributed by atoms with Crippen LogP contribution in [0.5, 0.6) is 0 Å². The molecule has 0 heterocycles. The molecule has 0 atom stereocenters. The highest BCUT2D eigenvalue weighted by Crippen LogP contribution is 2.48. The van der Waals surface area contributed by atoms with Crippen LogP contribution in [0, 0.1) is 47.4 Å². The van der Waals surface area contributed by atoms with Crippen molar-refractivity contribution in [2.45, 2.75) is 0 Å². The zero-order valence-electron chi connectivity index (χ0n) is 35.1. The summed E-state index contributed by atoms with van der Waals surface area (Å²) in [6.45, 7) is 0. The lowest BCUT2D eigenvalue weighted by atomic mass is 9.74. The molecule has 0 nitrogen and oxygen atoms in total. The molecule has 0 saturated carbocycles. The van der Waals surface area contributed by atoms with E-state index in [2.05, 4.69) is 193 Å². The van der Waals surface area contributed by atoms with Crippen molar-refractivity contribution in [1.29, 1.82) is 0 Å². The fourth-order valence-corrected chi connectivity index (χ4v) is 7.70. The quantitative estimate of drug-likeness (QED) is 0.155. The van der Waals surface area contributed by atoms with Gasteiger partial charge in [0.25, 0.3) is 0 Å². The van der Waals surface area contributed by atoms with Crippen molar-refractivity contribution in [3.63, 3.8) is 0 Å². The molecule has 0 spiro atoms. The smallest absolute Gasteiger partial charge is 0.0431 e. The van der Waals surface area contributed by atoms with Gasteiger partial charge in [-0.3, -0.25) is 0 Å². The summed E-state index contributed by atoms with van der Waals surface area (Å²) >= 11 is 0. The van der Waals surface area contributed by atoms with Crippen molar-refractivity contribution >= 4 is 22.3 Å². The van der Waals surface area contributed by atoms with Gasteiger partial charge in [0.2, 0.25) is 0 Å². The third-order valence-electron chi connectivity index (χ3n) is 10.7. The monoisotopic (exact) mass is 808 g/mol. The largest absolute Gasteiger partial charge is 0.0622 e. The summed E-state index contributed by atoms with van der Waals surface area (Å²) in [4.78, 5) is 0. The predicted octanol–water partition coefficient (Wildman–Crippen LogP) is 14.0. The minimum absolute atomic E-state index is 0.799. The summed E-state index contributed by atoms with van der Waals surface area (Å²) in [5.41, 5.74) is 14.2. The van der Waals surface area contributed by atoms with E-state index in [1.165, 1.54) is 0 Å². The molecule has 0 unspecified atom stereocenters. The zero-order valence-corrected chi connectivity index (χ0v) is 35.1. The number of allylic oxidation sites excluding steroid dienone is 8. The van der Waals surface area contributed by atoms with Crippen LogP contribution in [0.15, 0.2) is 265 Å². The first kappa shape index (κ1) is 40.4. The summed E-state index contributed by atoms with van der Waals surface area (Å²) in [6.07, 6.45) is 0. The molecule has 0 fully saturated rings. The maximum absolute atomic E-state index is 3.82. The Morgan fingerprint density at radius 1 is 0.156 bits per heavy atom. The molecular weight excluding hydrogens is 769 g/mol. The van der Waals surface area contributed by atoms with Crippen LogP contribution in [-0.2, 0) is 0 Å². The summed E-state index contributed by atoms with van der Waals surface area (Å²) < 4.78 is 0. The van der Waals surface area contributed by atoms with Gasteiger partial charge in [0.1, 0.15) is 0 Å². The second-order valence-electron chi connectivity index (χ2n) is 14.9. The van der Waals surface area contributed by atoms with E-state index in [4.69, 9.17) is 0 Å². The SMILES string of the molecule is C(#Cc1ccccc1)C1=C(c2ccccc2)C(C#Cc2ccccc2)=C(c2ccccc2)C(C#Cc2ccccc2)=C(c2ccccc2)C(C#Cc2ccccc2)=C1c1ccccc1. The molecule has 1 aliphatic carbocycles. The third kappa shape index (κ3) is 9.46. The van der Waals surface area contributed by atoms with Crippen molar-refractivity contribution in [1.82, 2.24) is 0 Å². The van der Waals surface area contributed by atoms with E-state index < -0.39 is 0 Å². The lowest BCUT2D eigenvalue weighted by Crippen LogP contribution is -2.09.